The Bertz CT molecular complexity index is 257. The van der Waals surface area contributed by atoms with Crippen molar-refractivity contribution in [1.82, 2.24) is 0 Å². The van der Waals surface area contributed by atoms with Crippen LogP contribution >= 0.6 is 0 Å². The van der Waals surface area contributed by atoms with Gasteiger partial charge < -0.3 is 0 Å². The third-order valence-electron chi connectivity index (χ3n) is 1.86. The molecule has 0 spiro atoms. The van der Waals surface area contributed by atoms with Crippen molar-refractivity contribution in [1.29, 1.82) is 0 Å². The zero-order chi connectivity index (χ0) is 8.97. The normalized spacial score (nSPS) is 11.3. The molecule has 0 saturated heterocycles. The van der Waals surface area contributed by atoms with Gasteiger partial charge in [0.1, 0.15) is 0 Å². The van der Waals surface area contributed by atoms with E-state index in [2.05, 4.69) is 13.8 Å². The van der Waals surface area contributed by atoms with E-state index in [1.165, 1.54) is 11.6 Å². The van der Waals surface area contributed by atoms with E-state index >= 15 is 0 Å². The summed E-state index contributed by atoms with van der Waals surface area (Å²) in [5.41, 5.74) is 2.19. The van der Waals surface area contributed by atoms with Gasteiger partial charge in [0.15, 0.2) is 0 Å². The Morgan fingerprint density at radius 3 is 2.17 bits per heavy atom. The Hall–Kier alpha value is -1.11. The SMILES string of the molecule is CC(C)c1ccc(C=CF)cc1. The van der Waals surface area contributed by atoms with Gasteiger partial charge in [0.05, 0.1) is 6.33 Å². The molecule has 0 heterocycles. The summed E-state index contributed by atoms with van der Waals surface area (Å²) < 4.78 is 11.8. The standard InChI is InChI=1S/C11H13F/c1-9(2)11-5-3-10(4-6-11)7-8-12/h3-9H,1-2H3. The topological polar surface area (TPSA) is 0 Å². The lowest BCUT2D eigenvalue weighted by molar-refractivity contribution is 0.727. The molecular weight excluding hydrogens is 151 g/mol. The van der Waals surface area contributed by atoms with Crippen molar-refractivity contribution in [2.75, 3.05) is 0 Å². The maximum atomic E-state index is 11.8. The van der Waals surface area contributed by atoms with Gasteiger partial charge in [-0.25, -0.2) is 4.39 Å². The molecule has 1 aromatic rings. The average molecular weight is 164 g/mol. The average Bonchev–Trinajstić information content (AvgIpc) is 2.06. The predicted molar refractivity (Wildman–Crippen MR) is 50.7 cm³/mol. The Morgan fingerprint density at radius 1 is 1.17 bits per heavy atom. The van der Waals surface area contributed by atoms with E-state index in [0.717, 1.165) is 5.56 Å². The quantitative estimate of drug-likeness (QED) is 0.624. The molecular formula is C11H13F. The summed E-state index contributed by atoms with van der Waals surface area (Å²) in [7, 11) is 0. The van der Waals surface area contributed by atoms with Gasteiger partial charge in [-0.3, -0.25) is 0 Å². The van der Waals surface area contributed by atoms with Crippen molar-refractivity contribution in [3.8, 4) is 0 Å². The Morgan fingerprint density at radius 2 is 1.75 bits per heavy atom. The van der Waals surface area contributed by atoms with Crippen molar-refractivity contribution in [2.24, 2.45) is 0 Å². The van der Waals surface area contributed by atoms with Gasteiger partial charge in [0.25, 0.3) is 0 Å². The summed E-state index contributed by atoms with van der Waals surface area (Å²) in [6, 6.07) is 7.90. The Balaban J connectivity index is 2.85. The van der Waals surface area contributed by atoms with Crippen molar-refractivity contribution < 1.29 is 4.39 Å². The lowest BCUT2D eigenvalue weighted by atomic mass is 10.0. The molecule has 0 amide bonds. The minimum absolute atomic E-state index is 0.536. The number of halogens is 1. The molecule has 0 atom stereocenters. The molecule has 0 fully saturated rings. The van der Waals surface area contributed by atoms with Crippen LogP contribution < -0.4 is 0 Å². The van der Waals surface area contributed by atoms with Crippen LogP contribution in [-0.2, 0) is 0 Å². The molecule has 0 bridgehead atoms. The number of benzene rings is 1. The fraction of sp³-hybridized carbons (Fsp3) is 0.273. The first-order valence-corrected chi connectivity index (χ1v) is 4.10. The summed E-state index contributed by atoms with van der Waals surface area (Å²) in [5, 5.41) is 0. The minimum Gasteiger partial charge on any atom is -0.216 e. The molecule has 0 aliphatic heterocycles. The maximum absolute atomic E-state index is 11.8. The highest BCUT2D eigenvalue weighted by Crippen LogP contribution is 2.15. The Kier molecular flexibility index (Phi) is 3.03. The van der Waals surface area contributed by atoms with Crippen LogP contribution in [0.5, 0.6) is 0 Å². The predicted octanol–water partition coefficient (Wildman–Crippen LogP) is 3.75. The lowest BCUT2D eigenvalue weighted by Crippen LogP contribution is -1.85. The summed E-state index contributed by atoms with van der Waals surface area (Å²) >= 11 is 0. The first kappa shape index (κ1) is 8.98. The number of hydrogen-bond acceptors (Lipinski definition) is 0. The molecule has 1 aromatic carbocycles. The van der Waals surface area contributed by atoms with Gasteiger partial charge in [-0.2, -0.15) is 0 Å². The van der Waals surface area contributed by atoms with Crippen LogP contribution in [0.1, 0.15) is 30.9 Å². The fourth-order valence-electron chi connectivity index (χ4n) is 1.06. The van der Waals surface area contributed by atoms with Crippen molar-refractivity contribution in [2.45, 2.75) is 19.8 Å². The highest BCUT2D eigenvalue weighted by molar-refractivity contribution is 5.48. The second kappa shape index (κ2) is 4.05. The summed E-state index contributed by atoms with van der Waals surface area (Å²) in [6.45, 7) is 4.28. The van der Waals surface area contributed by atoms with Gasteiger partial charge >= 0.3 is 0 Å². The van der Waals surface area contributed by atoms with Crippen molar-refractivity contribution in [3.05, 3.63) is 41.7 Å². The van der Waals surface area contributed by atoms with Crippen LogP contribution in [0, 0.1) is 0 Å². The molecule has 0 aromatic heterocycles. The summed E-state index contributed by atoms with van der Waals surface area (Å²) in [5.74, 6) is 0.536. The van der Waals surface area contributed by atoms with Gasteiger partial charge in [0, 0.05) is 0 Å². The maximum Gasteiger partial charge on any atom is 0.0872 e. The van der Waals surface area contributed by atoms with Crippen molar-refractivity contribution >= 4 is 6.08 Å². The van der Waals surface area contributed by atoms with E-state index in [9.17, 15) is 4.39 Å². The summed E-state index contributed by atoms with van der Waals surface area (Å²) in [4.78, 5) is 0. The molecule has 0 N–H and O–H groups in total. The molecule has 0 aliphatic rings. The van der Waals surface area contributed by atoms with Crippen LogP contribution in [0.4, 0.5) is 4.39 Å². The monoisotopic (exact) mass is 164 g/mol. The first-order chi connectivity index (χ1) is 5.74. The molecule has 64 valence electrons. The van der Waals surface area contributed by atoms with Crippen molar-refractivity contribution in [3.63, 3.8) is 0 Å². The van der Waals surface area contributed by atoms with Gasteiger partial charge in [-0.1, -0.05) is 38.1 Å². The van der Waals surface area contributed by atoms with E-state index in [4.69, 9.17) is 0 Å². The lowest BCUT2D eigenvalue weighted by Gasteiger charge is -2.04. The van der Waals surface area contributed by atoms with Crippen LogP contribution in [-0.4, -0.2) is 0 Å². The molecule has 0 radical (unpaired) electrons. The Labute approximate surface area is 72.7 Å². The number of hydrogen-bond donors (Lipinski definition) is 0. The third-order valence-corrected chi connectivity index (χ3v) is 1.86. The third kappa shape index (κ3) is 2.19. The molecule has 0 aliphatic carbocycles. The molecule has 1 rings (SSSR count). The van der Waals surface area contributed by atoms with E-state index in [1.54, 1.807) is 0 Å². The van der Waals surface area contributed by atoms with Crippen LogP contribution in [0.3, 0.4) is 0 Å². The van der Waals surface area contributed by atoms with E-state index < -0.39 is 0 Å². The van der Waals surface area contributed by atoms with Crippen LogP contribution in [0.15, 0.2) is 30.6 Å². The largest absolute Gasteiger partial charge is 0.216 e. The van der Waals surface area contributed by atoms with E-state index in [0.29, 0.717) is 12.2 Å². The highest BCUT2D eigenvalue weighted by atomic mass is 19.1. The van der Waals surface area contributed by atoms with Gasteiger partial charge in [-0.05, 0) is 23.1 Å². The van der Waals surface area contributed by atoms with Gasteiger partial charge in [0.2, 0.25) is 0 Å². The number of rotatable bonds is 2. The van der Waals surface area contributed by atoms with Gasteiger partial charge in [-0.15, -0.1) is 0 Å². The molecule has 0 unspecified atom stereocenters. The second-order valence-electron chi connectivity index (χ2n) is 3.11. The zero-order valence-electron chi connectivity index (χ0n) is 7.42. The fourth-order valence-corrected chi connectivity index (χ4v) is 1.06. The molecule has 0 nitrogen and oxygen atoms in total. The van der Waals surface area contributed by atoms with Crippen LogP contribution in [0.2, 0.25) is 0 Å². The highest BCUT2D eigenvalue weighted by Gasteiger charge is 1.96. The molecule has 12 heavy (non-hydrogen) atoms. The van der Waals surface area contributed by atoms with E-state index in [-0.39, 0.29) is 0 Å². The first-order valence-electron chi connectivity index (χ1n) is 4.10. The minimum atomic E-state index is 0.536. The van der Waals surface area contributed by atoms with E-state index in [1.807, 2.05) is 24.3 Å². The smallest absolute Gasteiger partial charge is 0.0872 e. The zero-order valence-corrected chi connectivity index (χ0v) is 7.42. The summed E-state index contributed by atoms with van der Waals surface area (Å²) in [6.07, 6.45) is 2.01. The molecule has 1 heteroatoms. The second-order valence-corrected chi connectivity index (χ2v) is 3.11. The molecule has 0 saturated carbocycles. The van der Waals surface area contributed by atoms with Crippen LogP contribution in [0.25, 0.3) is 6.08 Å².